The molecule has 2 nitrogen and oxygen atoms in total. The Balaban J connectivity index is 2.19. The molecular formula is C8H12O2S. The molecule has 0 aliphatic carbocycles. The van der Waals surface area contributed by atoms with Crippen LogP contribution in [0.25, 0.3) is 0 Å². The van der Waals surface area contributed by atoms with Crippen molar-refractivity contribution < 1.29 is 9.00 Å². The zero-order valence-corrected chi connectivity index (χ0v) is 7.23. The molecule has 0 spiro atoms. The molecule has 0 N–H and O–H groups in total. The molecule has 0 saturated carbocycles. The minimum absolute atomic E-state index is 0.218. The van der Waals surface area contributed by atoms with E-state index < -0.39 is 10.8 Å². The van der Waals surface area contributed by atoms with Crippen LogP contribution in [0.1, 0.15) is 32.1 Å². The Morgan fingerprint density at radius 2 is 1.73 bits per heavy atom. The van der Waals surface area contributed by atoms with Crippen molar-refractivity contribution in [3.63, 3.8) is 0 Å². The van der Waals surface area contributed by atoms with Crippen molar-refractivity contribution in [2.24, 2.45) is 0 Å². The zero-order valence-electron chi connectivity index (χ0n) is 6.41. The standard InChI is InChI=1S/C8H12O2S/c9-6-4-7-2-1-3-8(5-6)11(7)10/h7-8H,1-5H2. The van der Waals surface area contributed by atoms with E-state index in [1.54, 1.807) is 0 Å². The number of hydrogen-bond donors (Lipinski definition) is 0. The van der Waals surface area contributed by atoms with E-state index in [1.807, 2.05) is 0 Å². The van der Waals surface area contributed by atoms with Crippen LogP contribution in [0.3, 0.4) is 0 Å². The summed E-state index contributed by atoms with van der Waals surface area (Å²) in [5.41, 5.74) is 0. The monoisotopic (exact) mass is 172 g/mol. The van der Waals surface area contributed by atoms with Gasteiger partial charge in [0.2, 0.25) is 0 Å². The van der Waals surface area contributed by atoms with Crippen LogP contribution in [0.15, 0.2) is 0 Å². The highest BCUT2D eigenvalue weighted by Gasteiger charge is 2.36. The number of Topliss-reactive ketones (excluding diaryl/α,β-unsaturated/α-hetero) is 1. The molecule has 11 heavy (non-hydrogen) atoms. The summed E-state index contributed by atoms with van der Waals surface area (Å²) < 4.78 is 11.5. The normalized spacial score (nSPS) is 44.0. The van der Waals surface area contributed by atoms with E-state index in [9.17, 15) is 9.00 Å². The van der Waals surface area contributed by atoms with Crippen LogP contribution in [0.5, 0.6) is 0 Å². The summed E-state index contributed by atoms with van der Waals surface area (Å²) in [6, 6.07) is 0. The first-order valence-electron chi connectivity index (χ1n) is 4.18. The van der Waals surface area contributed by atoms with E-state index in [0.29, 0.717) is 18.6 Å². The van der Waals surface area contributed by atoms with Crippen LogP contribution in [-0.2, 0) is 15.6 Å². The van der Waals surface area contributed by atoms with Gasteiger partial charge in [0.15, 0.2) is 0 Å². The maximum atomic E-state index is 11.5. The van der Waals surface area contributed by atoms with E-state index in [-0.39, 0.29) is 10.5 Å². The summed E-state index contributed by atoms with van der Waals surface area (Å²) >= 11 is 0. The lowest BCUT2D eigenvalue weighted by atomic mass is 9.98. The Kier molecular flexibility index (Phi) is 1.83. The van der Waals surface area contributed by atoms with Gasteiger partial charge >= 0.3 is 0 Å². The molecule has 2 aliphatic rings. The molecule has 0 radical (unpaired) electrons. The van der Waals surface area contributed by atoms with Crippen molar-refractivity contribution in [1.82, 2.24) is 0 Å². The van der Waals surface area contributed by atoms with Crippen LogP contribution in [0.2, 0.25) is 0 Å². The van der Waals surface area contributed by atoms with Crippen molar-refractivity contribution in [3.8, 4) is 0 Å². The molecule has 0 amide bonds. The van der Waals surface area contributed by atoms with E-state index in [2.05, 4.69) is 0 Å². The molecule has 0 aromatic carbocycles. The maximum absolute atomic E-state index is 11.5. The smallest absolute Gasteiger partial charge is 0.135 e. The highest BCUT2D eigenvalue weighted by molar-refractivity contribution is 7.86. The fourth-order valence-corrected chi connectivity index (χ4v) is 4.08. The number of hydrogen-bond acceptors (Lipinski definition) is 2. The van der Waals surface area contributed by atoms with E-state index in [0.717, 1.165) is 12.8 Å². The molecular weight excluding hydrogens is 160 g/mol. The Morgan fingerprint density at radius 3 is 2.27 bits per heavy atom. The lowest BCUT2D eigenvalue weighted by molar-refractivity contribution is -0.119. The average molecular weight is 172 g/mol. The molecule has 2 saturated heterocycles. The maximum Gasteiger partial charge on any atom is 0.135 e. The van der Waals surface area contributed by atoms with Crippen LogP contribution in [0.4, 0.5) is 0 Å². The van der Waals surface area contributed by atoms with Crippen LogP contribution < -0.4 is 0 Å². The largest absolute Gasteiger partial charge is 0.300 e. The summed E-state index contributed by atoms with van der Waals surface area (Å²) in [4.78, 5) is 11.1. The van der Waals surface area contributed by atoms with Crippen molar-refractivity contribution in [2.45, 2.75) is 42.6 Å². The molecule has 2 bridgehead atoms. The predicted octanol–water partition coefficient (Wildman–Crippen LogP) is 1.02. The van der Waals surface area contributed by atoms with Gasteiger partial charge in [0.1, 0.15) is 5.78 Å². The molecule has 2 unspecified atom stereocenters. The van der Waals surface area contributed by atoms with Gasteiger partial charge in [-0.1, -0.05) is 6.42 Å². The Bertz CT molecular complexity index is 194. The molecule has 2 fully saturated rings. The number of carbonyl (C=O) groups excluding carboxylic acids is 1. The van der Waals surface area contributed by atoms with Crippen molar-refractivity contribution in [3.05, 3.63) is 0 Å². The first kappa shape index (κ1) is 7.47. The van der Waals surface area contributed by atoms with Gasteiger partial charge < -0.3 is 0 Å². The lowest BCUT2D eigenvalue weighted by Crippen LogP contribution is -2.39. The first-order chi connectivity index (χ1) is 5.27. The van der Waals surface area contributed by atoms with E-state index in [1.165, 1.54) is 6.42 Å². The average Bonchev–Trinajstić information content (AvgIpc) is 1.92. The van der Waals surface area contributed by atoms with Crippen LogP contribution >= 0.6 is 0 Å². The molecule has 3 heteroatoms. The SMILES string of the molecule is O=C1CC2CCCC(C1)S2=O. The number of carbonyl (C=O) groups is 1. The van der Waals surface area contributed by atoms with E-state index >= 15 is 0 Å². The summed E-state index contributed by atoms with van der Waals surface area (Å²) in [5, 5.41) is 0.435. The Hall–Kier alpha value is -0.180. The molecule has 62 valence electrons. The van der Waals surface area contributed by atoms with Gasteiger partial charge in [-0.3, -0.25) is 9.00 Å². The molecule has 0 aromatic heterocycles. The van der Waals surface area contributed by atoms with Gasteiger partial charge in [-0.25, -0.2) is 0 Å². The second-order valence-corrected chi connectivity index (χ2v) is 5.44. The lowest BCUT2D eigenvalue weighted by Gasteiger charge is -2.32. The summed E-state index contributed by atoms with van der Waals surface area (Å²) in [6.07, 6.45) is 4.37. The molecule has 0 aromatic rings. The van der Waals surface area contributed by atoms with Gasteiger partial charge in [-0.2, -0.15) is 0 Å². The Morgan fingerprint density at radius 1 is 1.18 bits per heavy atom. The molecule has 2 aliphatic heterocycles. The number of rotatable bonds is 0. The fourth-order valence-electron chi connectivity index (χ4n) is 2.04. The summed E-state index contributed by atoms with van der Waals surface area (Å²) in [6.45, 7) is 0. The number of fused-ring (bicyclic) bond motifs is 2. The quantitative estimate of drug-likeness (QED) is 0.546. The Labute approximate surface area is 68.8 Å². The molecule has 2 atom stereocenters. The van der Waals surface area contributed by atoms with Crippen molar-refractivity contribution in [1.29, 1.82) is 0 Å². The predicted molar refractivity (Wildman–Crippen MR) is 43.8 cm³/mol. The molecule has 2 rings (SSSR count). The minimum Gasteiger partial charge on any atom is -0.300 e. The highest BCUT2D eigenvalue weighted by Crippen LogP contribution is 2.31. The van der Waals surface area contributed by atoms with Gasteiger partial charge in [0.05, 0.1) is 0 Å². The zero-order chi connectivity index (χ0) is 7.84. The van der Waals surface area contributed by atoms with Crippen molar-refractivity contribution >= 4 is 16.6 Å². The van der Waals surface area contributed by atoms with Gasteiger partial charge in [-0.05, 0) is 12.8 Å². The third-order valence-corrected chi connectivity index (χ3v) is 4.74. The summed E-state index contributed by atoms with van der Waals surface area (Å²) in [5.74, 6) is 0.333. The van der Waals surface area contributed by atoms with Crippen LogP contribution in [0, 0.1) is 0 Å². The number of ketones is 1. The second-order valence-electron chi connectivity index (χ2n) is 3.45. The van der Waals surface area contributed by atoms with Gasteiger partial charge in [-0.15, -0.1) is 0 Å². The molecule has 2 heterocycles. The van der Waals surface area contributed by atoms with E-state index in [4.69, 9.17) is 0 Å². The third-order valence-electron chi connectivity index (χ3n) is 2.62. The first-order valence-corrected chi connectivity index (χ1v) is 5.46. The van der Waals surface area contributed by atoms with Gasteiger partial charge in [0, 0.05) is 34.1 Å². The highest BCUT2D eigenvalue weighted by atomic mass is 32.2. The third kappa shape index (κ3) is 1.26. The van der Waals surface area contributed by atoms with Crippen LogP contribution in [-0.4, -0.2) is 20.5 Å². The summed E-state index contributed by atoms with van der Waals surface area (Å²) in [7, 11) is -0.677. The topological polar surface area (TPSA) is 34.1 Å². The van der Waals surface area contributed by atoms with Gasteiger partial charge in [0.25, 0.3) is 0 Å². The minimum atomic E-state index is -0.677. The van der Waals surface area contributed by atoms with Crippen molar-refractivity contribution in [2.75, 3.05) is 0 Å². The fraction of sp³-hybridized carbons (Fsp3) is 0.875. The second kappa shape index (κ2) is 2.70.